The van der Waals surface area contributed by atoms with Gasteiger partial charge in [-0.15, -0.1) is 11.3 Å². The molecule has 2 aromatic rings. The highest BCUT2D eigenvalue weighted by Gasteiger charge is 2.29. The van der Waals surface area contributed by atoms with Crippen molar-refractivity contribution in [1.82, 2.24) is 15.2 Å². The van der Waals surface area contributed by atoms with Crippen molar-refractivity contribution in [3.63, 3.8) is 0 Å². The van der Waals surface area contributed by atoms with Gasteiger partial charge in [0.1, 0.15) is 5.69 Å². The molecular formula is C24H32FN5O4S. The second kappa shape index (κ2) is 12.4. The number of nitrogens with zero attached hydrogens (tertiary/aromatic N) is 3. The highest BCUT2D eigenvalue weighted by atomic mass is 32.1. The Labute approximate surface area is 208 Å². The van der Waals surface area contributed by atoms with E-state index in [1.54, 1.807) is 24.6 Å². The monoisotopic (exact) mass is 505 g/mol. The van der Waals surface area contributed by atoms with Crippen LogP contribution in [0.15, 0.2) is 23.6 Å². The number of carbonyl (C=O) groups excluding carboxylic acids is 2. The fourth-order valence-electron chi connectivity index (χ4n) is 3.96. The second-order valence-corrected chi connectivity index (χ2v) is 9.45. The smallest absolute Gasteiger partial charge is 0.275 e. The SMILES string of the molecule is COC1CN(c2nc(C(=O)Nc3ccc(CCN4CCOCC4)cc3C(=O)NCCCF)cs2)C1. The van der Waals surface area contributed by atoms with E-state index in [0.29, 0.717) is 16.9 Å². The number of nitrogens with one attached hydrogen (secondary N) is 2. The summed E-state index contributed by atoms with van der Waals surface area (Å²) in [5.41, 5.74) is 2.05. The van der Waals surface area contributed by atoms with Crippen LogP contribution in [0.2, 0.25) is 0 Å². The molecule has 2 aliphatic heterocycles. The van der Waals surface area contributed by atoms with E-state index < -0.39 is 6.67 Å². The molecule has 1 aromatic heterocycles. The predicted molar refractivity (Wildman–Crippen MR) is 133 cm³/mol. The van der Waals surface area contributed by atoms with E-state index in [2.05, 4.69) is 25.4 Å². The summed E-state index contributed by atoms with van der Waals surface area (Å²) in [6.45, 7) is 5.34. The first-order chi connectivity index (χ1) is 17.1. The number of thiazole rings is 1. The van der Waals surface area contributed by atoms with Crippen molar-refractivity contribution in [1.29, 1.82) is 0 Å². The van der Waals surface area contributed by atoms with Gasteiger partial charge in [0.2, 0.25) is 0 Å². The molecule has 35 heavy (non-hydrogen) atoms. The van der Waals surface area contributed by atoms with Crippen molar-refractivity contribution in [2.24, 2.45) is 0 Å². The standard InChI is InChI=1S/C24H32FN5O4S/c1-33-18-14-30(15-18)24-28-21(16-35-24)23(32)27-20-4-3-17(5-8-29-9-11-34-12-10-29)13-19(20)22(31)26-7-2-6-25/h3-4,13,16,18H,2,5-12,14-15H2,1H3,(H,26,31)(H,27,32). The molecule has 0 aliphatic carbocycles. The summed E-state index contributed by atoms with van der Waals surface area (Å²) in [6.07, 6.45) is 1.20. The number of aromatic nitrogens is 1. The first-order valence-corrected chi connectivity index (χ1v) is 12.8. The lowest BCUT2D eigenvalue weighted by molar-refractivity contribution is 0.0384. The van der Waals surface area contributed by atoms with Crippen LogP contribution in [0, 0.1) is 0 Å². The Morgan fingerprint density at radius 3 is 2.80 bits per heavy atom. The van der Waals surface area contributed by atoms with Crippen molar-refractivity contribution in [3.8, 4) is 0 Å². The van der Waals surface area contributed by atoms with Crippen LogP contribution in [0.3, 0.4) is 0 Å². The topological polar surface area (TPSA) is 96.0 Å². The summed E-state index contributed by atoms with van der Waals surface area (Å²) in [5.74, 6) is -0.720. The molecule has 0 unspecified atom stereocenters. The van der Waals surface area contributed by atoms with Crippen LogP contribution in [0.25, 0.3) is 0 Å². The Balaban J connectivity index is 1.44. The number of anilines is 2. The van der Waals surface area contributed by atoms with Gasteiger partial charge in [0.05, 0.1) is 37.2 Å². The molecule has 4 rings (SSSR count). The molecule has 2 amide bonds. The highest BCUT2D eigenvalue weighted by molar-refractivity contribution is 7.14. The molecule has 2 fully saturated rings. The largest absolute Gasteiger partial charge is 0.379 e. The zero-order valence-corrected chi connectivity index (χ0v) is 20.7. The van der Waals surface area contributed by atoms with Crippen LogP contribution in [0.5, 0.6) is 0 Å². The number of halogens is 1. The lowest BCUT2D eigenvalue weighted by atomic mass is 10.0. The molecule has 2 N–H and O–H groups in total. The average molecular weight is 506 g/mol. The molecule has 190 valence electrons. The summed E-state index contributed by atoms with van der Waals surface area (Å²) in [6, 6.07) is 5.48. The fraction of sp³-hybridized carbons (Fsp3) is 0.542. The first kappa shape index (κ1) is 25.5. The number of methoxy groups -OCH3 is 1. The Bertz CT molecular complexity index is 1010. The van der Waals surface area contributed by atoms with Crippen molar-refractivity contribution < 1.29 is 23.5 Å². The Morgan fingerprint density at radius 1 is 1.26 bits per heavy atom. The summed E-state index contributed by atoms with van der Waals surface area (Å²) < 4.78 is 23.2. The van der Waals surface area contributed by atoms with E-state index in [1.165, 1.54) is 11.3 Å². The van der Waals surface area contributed by atoms with Crippen LogP contribution < -0.4 is 15.5 Å². The number of hydrogen-bond acceptors (Lipinski definition) is 8. The Morgan fingerprint density at radius 2 is 2.06 bits per heavy atom. The summed E-state index contributed by atoms with van der Waals surface area (Å²) in [5, 5.41) is 8.06. The number of alkyl halides is 1. The van der Waals surface area contributed by atoms with Crippen molar-refractivity contribution in [2.75, 3.05) is 76.5 Å². The van der Waals surface area contributed by atoms with Crippen LogP contribution in [0.1, 0.15) is 32.8 Å². The number of amides is 2. The minimum atomic E-state index is -0.502. The number of hydrogen-bond donors (Lipinski definition) is 2. The number of ether oxygens (including phenoxy) is 2. The second-order valence-electron chi connectivity index (χ2n) is 8.61. The van der Waals surface area contributed by atoms with E-state index in [9.17, 15) is 14.0 Å². The molecule has 11 heteroatoms. The molecule has 3 heterocycles. The molecular weight excluding hydrogens is 473 g/mol. The molecule has 0 spiro atoms. The van der Waals surface area contributed by atoms with Gasteiger partial charge in [0.15, 0.2) is 5.13 Å². The van der Waals surface area contributed by atoms with Crippen LogP contribution in [0.4, 0.5) is 15.2 Å². The normalized spacial score (nSPS) is 16.7. The van der Waals surface area contributed by atoms with Gasteiger partial charge in [-0.1, -0.05) is 6.07 Å². The maximum Gasteiger partial charge on any atom is 0.275 e. The zero-order chi connectivity index (χ0) is 24.6. The molecule has 2 saturated heterocycles. The lowest BCUT2D eigenvalue weighted by Crippen LogP contribution is -2.51. The molecule has 0 bridgehead atoms. The third kappa shape index (κ3) is 6.75. The fourth-order valence-corrected chi connectivity index (χ4v) is 4.79. The Hall–Kier alpha value is -2.60. The Kier molecular flexibility index (Phi) is 9.02. The minimum Gasteiger partial charge on any atom is -0.379 e. The summed E-state index contributed by atoms with van der Waals surface area (Å²) in [4.78, 5) is 34.6. The summed E-state index contributed by atoms with van der Waals surface area (Å²) >= 11 is 1.40. The van der Waals surface area contributed by atoms with E-state index in [-0.39, 0.29) is 30.9 Å². The first-order valence-electron chi connectivity index (χ1n) is 11.9. The van der Waals surface area contributed by atoms with E-state index >= 15 is 0 Å². The molecule has 9 nitrogen and oxygen atoms in total. The van der Waals surface area contributed by atoms with Gasteiger partial charge >= 0.3 is 0 Å². The number of benzene rings is 1. The van der Waals surface area contributed by atoms with E-state index in [1.807, 2.05) is 6.07 Å². The van der Waals surface area contributed by atoms with E-state index in [4.69, 9.17) is 9.47 Å². The predicted octanol–water partition coefficient (Wildman–Crippen LogP) is 2.19. The number of morpholine rings is 1. The van der Waals surface area contributed by atoms with Gasteiger partial charge in [0, 0.05) is 51.8 Å². The van der Waals surface area contributed by atoms with Crippen LogP contribution >= 0.6 is 11.3 Å². The highest BCUT2D eigenvalue weighted by Crippen LogP contribution is 2.27. The quantitative estimate of drug-likeness (QED) is 0.452. The molecule has 2 aliphatic rings. The van der Waals surface area contributed by atoms with Crippen LogP contribution in [-0.2, 0) is 15.9 Å². The van der Waals surface area contributed by atoms with Crippen molar-refractivity contribution in [3.05, 3.63) is 40.4 Å². The maximum atomic E-state index is 12.9. The van der Waals surface area contributed by atoms with Gasteiger partial charge in [-0.05, 0) is 30.5 Å². The van der Waals surface area contributed by atoms with Gasteiger partial charge in [0.25, 0.3) is 11.8 Å². The van der Waals surface area contributed by atoms with Crippen LogP contribution in [-0.4, -0.2) is 94.1 Å². The minimum absolute atomic E-state index is 0.191. The maximum absolute atomic E-state index is 12.9. The van der Waals surface area contributed by atoms with Crippen molar-refractivity contribution >= 4 is 34.0 Å². The van der Waals surface area contributed by atoms with Gasteiger partial charge in [-0.3, -0.25) is 18.9 Å². The van der Waals surface area contributed by atoms with Crippen molar-refractivity contribution in [2.45, 2.75) is 18.9 Å². The third-order valence-corrected chi connectivity index (χ3v) is 7.07. The third-order valence-electron chi connectivity index (χ3n) is 6.17. The zero-order valence-electron chi connectivity index (χ0n) is 19.9. The molecule has 1 aromatic carbocycles. The number of rotatable bonds is 11. The number of carbonyl (C=O) groups is 2. The summed E-state index contributed by atoms with van der Waals surface area (Å²) in [7, 11) is 1.68. The van der Waals surface area contributed by atoms with Gasteiger partial charge < -0.3 is 25.0 Å². The lowest BCUT2D eigenvalue weighted by Gasteiger charge is -2.37. The average Bonchev–Trinajstić information content (AvgIpc) is 3.33. The van der Waals surface area contributed by atoms with Gasteiger partial charge in [-0.2, -0.15) is 0 Å². The molecule has 0 radical (unpaired) electrons. The van der Waals surface area contributed by atoms with Gasteiger partial charge in [-0.25, -0.2) is 4.98 Å². The van der Waals surface area contributed by atoms with E-state index in [0.717, 1.165) is 63.1 Å². The molecule has 0 saturated carbocycles. The molecule has 0 atom stereocenters.